The molecule has 1 amide bonds. The zero-order valence-corrected chi connectivity index (χ0v) is 5.11. The molecule has 0 unspecified atom stereocenters. The average molecular weight is 113 g/mol. The van der Waals surface area contributed by atoms with Crippen LogP contribution in [0.5, 0.6) is 0 Å². The summed E-state index contributed by atoms with van der Waals surface area (Å²) in [5.41, 5.74) is 0.794. The summed E-state index contributed by atoms with van der Waals surface area (Å²) in [7, 11) is 0. The van der Waals surface area contributed by atoms with Gasteiger partial charge in [0.05, 0.1) is 0 Å². The van der Waals surface area contributed by atoms with Crippen molar-refractivity contribution in [2.45, 2.75) is 19.8 Å². The van der Waals surface area contributed by atoms with Crippen LogP contribution in [0.25, 0.3) is 0 Å². The van der Waals surface area contributed by atoms with E-state index in [1.54, 1.807) is 0 Å². The topological polar surface area (TPSA) is 29.1 Å². The van der Waals surface area contributed by atoms with Crippen LogP contribution in [0.15, 0.2) is 12.3 Å². The summed E-state index contributed by atoms with van der Waals surface area (Å²) in [4.78, 5) is 9.72. The van der Waals surface area contributed by atoms with Crippen LogP contribution in [0.4, 0.5) is 0 Å². The van der Waals surface area contributed by atoms with Crippen molar-refractivity contribution in [3.05, 3.63) is 12.3 Å². The highest BCUT2D eigenvalue weighted by Gasteiger charge is 1.85. The van der Waals surface area contributed by atoms with E-state index in [0.717, 1.165) is 18.5 Å². The lowest BCUT2D eigenvalue weighted by Crippen LogP contribution is -2.07. The van der Waals surface area contributed by atoms with Crippen molar-refractivity contribution in [3.63, 3.8) is 0 Å². The van der Waals surface area contributed by atoms with E-state index < -0.39 is 0 Å². The Bertz CT molecular complexity index is 88.5. The van der Waals surface area contributed by atoms with Gasteiger partial charge in [-0.25, -0.2) is 0 Å². The molecule has 0 bridgehead atoms. The van der Waals surface area contributed by atoms with Gasteiger partial charge >= 0.3 is 0 Å². The molecule has 0 aromatic carbocycles. The van der Waals surface area contributed by atoms with Gasteiger partial charge in [0.2, 0.25) is 6.41 Å². The molecule has 2 heteroatoms. The summed E-state index contributed by atoms with van der Waals surface area (Å²) in [6.07, 6.45) is 2.55. The second-order valence-corrected chi connectivity index (χ2v) is 1.62. The molecule has 0 aliphatic rings. The monoisotopic (exact) mass is 113 g/mol. The van der Waals surface area contributed by atoms with Crippen molar-refractivity contribution in [2.24, 2.45) is 0 Å². The minimum atomic E-state index is 0.651. The van der Waals surface area contributed by atoms with Crippen LogP contribution < -0.4 is 5.32 Å². The second kappa shape index (κ2) is 4.37. The van der Waals surface area contributed by atoms with E-state index >= 15 is 0 Å². The molecule has 0 fully saturated rings. The average Bonchev–Trinajstić information content (AvgIpc) is 1.68. The number of hydrogen-bond donors (Lipinski definition) is 1. The number of hydrogen-bond acceptors (Lipinski definition) is 1. The van der Waals surface area contributed by atoms with E-state index in [4.69, 9.17) is 0 Å². The highest BCUT2D eigenvalue weighted by Crippen LogP contribution is 1.94. The number of amides is 1. The summed E-state index contributed by atoms with van der Waals surface area (Å²) in [6, 6.07) is 0. The highest BCUT2D eigenvalue weighted by molar-refractivity contribution is 5.49. The SMILES string of the molecule is C=C(CCC)NC=O. The summed E-state index contributed by atoms with van der Waals surface area (Å²) in [5, 5.41) is 2.47. The second-order valence-electron chi connectivity index (χ2n) is 1.62. The number of carbonyl (C=O) groups excluding carboxylic acids is 1. The summed E-state index contributed by atoms with van der Waals surface area (Å²) < 4.78 is 0. The molecule has 0 heterocycles. The molecule has 46 valence electrons. The van der Waals surface area contributed by atoms with Crippen molar-refractivity contribution in [3.8, 4) is 0 Å². The molecule has 0 radical (unpaired) electrons. The predicted molar refractivity (Wildman–Crippen MR) is 33.2 cm³/mol. The van der Waals surface area contributed by atoms with Crippen molar-refractivity contribution in [2.75, 3.05) is 0 Å². The van der Waals surface area contributed by atoms with Crippen LogP contribution in [-0.2, 0) is 4.79 Å². The maximum atomic E-state index is 9.72. The molecule has 0 atom stereocenters. The Morgan fingerprint density at radius 2 is 2.50 bits per heavy atom. The van der Waals surface area contributed by atoms with Crippen molar-refractivity contribution >= 4 is 6.41 Å². The van der Waals surface area contributed by atoms with Gasteiger partial charge in [-0.3, -0.25) is 4.79 Å². The maximum absolute atomic E-state index is 9.72. The molecule has 0 aliphatic heterocycles. The van der Waals surface area contributed by atoms with Gasteiger partial charge in [0.1, 0.15) is 0 Å². The maximum Gasteiger partial charge on any atom is 0.211 e. The van der Waals surface area contributed by atoms with Crippen LogP contribution >= 0.6 is 0 Å². The lowest BCUT2D eigenvalue weighted by molar-refractivity contribution is -0.108. The Balaban J connectivity index is 3.18. The number of allylic oxidation sites excluding steroid dienone is 1. The summed E-state index contributed by atoms with van der Waals surface area (Å²) in [5.74, 6) is 0. The Labute approximate surface area is 49.6 Å². The zero-order chi connectivity index (χ0) is 6.41. The largest absolute Gasteiger partial charge is 0.333 e. The van der Waals surface area contributed by atoms with E-state index in [2.05, 4.69) is 11.9 Å². The molecule has 0 saturated heterocycles. The van der Waals surface area contributed by atoms with Crippen molar-refractivity contribution in [1.29, 1.82) is 0 Å². The Morgan fingerprint density at radius 3 is 2.88 bits per heavy atom. The fourth-order valence-corrected chi connectivity index (χ4v) is 0.457. The zero-order valence-electron chi connectivity index (χ0n) is 5.11. The number of rotatable bonds is 4. The normalized spacial score (nSPS) is 8.12. The molecular weight excluding hydrogens is 102 g/mol. The molecule has 0 aromatic heterocycles. The highest BCUT2D eigenvalue weighted by atomic mass is 16.1. The van der Waals surface area contributed by atoms with Gasteiger partial charge in [-0.05, 0) is 6.42 Å². The third-order valence-electron chi connectivity index (χ3n) is 0.815. The van der Waals surface area contributed by atoms with Crippen LogP contribution in [0, 0.1) is 0 Å². The van der Waals surface area contributed by atoms with Gasteiger partial charge in [0.15, 0.2) is 0 Å². The van der Waals surface area contributed by atoms with Gasteiger partial charge in [-0.15, -0.1) is 0 Å². The van der Waals surface area contributed by atoms with Gasteiger partial charge in [0, 0.05) is 5.70 Å². The molecule has 1 N–H and O–H groups in total. The first-order valence-electron chi connectivity index (χ1n) is 2.69. The third kappa shape index (κ3) is 3.40. The molecule has 0 rings (SSSR count). The van der Waals surface area contributed by atoms with Crippen LogP contribution in [0.3, 0.4) is 0 Å². The van der Waals surface area contributed by atoms with Gasteiger partial charge in [-0.1, -0.05) is 19.9 Å². The number of nitrogens with one attached hydrogen (secondary N) is 1. The first-order chi connectivity index (χ1) is 3.81. The van der Waals surface area contributed by atoms with Crippen LogP contribution in [-0.4, -0.2) is 6.41 Å². The van der Waals surface area contributed by atoms with E-state index in [0.29, 0.717) is 6.41 Å². The summed E-state index contributed by atoms with van der Waals surface area (Å²) in [6.45, 7) is 5.63. The Kier molecular flexibility index (Phi) is 3.94. The third-order valence-corrected chi connectivity index (χ3v) is 0.815. The van der Waals surface area contributed by atoms with Gasteiger partial charge in [-0.2, -0.15) is 0 Å². The number of carbonyl (C=O) groups is 1. The van der Waals surface area contributed by atoms with E-state index in [9.17, 15) is 4.79 Å². The van der Waals surface area contributed by atoms with Gasteiger partial charge < -0.3 is 5.32 Å². The Hall–Kier alpha value is -0.790. The van der Waals surface area contributed by atoms with Crippen LogP contribution in [0.1, 0.15) is 19.8 Å². The van der Waals surface area contributed by atoms with E-state index in [-0.39, 0.29) is 0 Å². The molecule has 0 saturated carbocycles. The molecule has 0 aromatic rings. The van der Waals surface area contributed by atoms with Crippen molar-refractivity contribution < 1.29 is 4.79 Å². The Morgan fingerprint density at radius 1 is 1.88 bits per heavy atom. The molecule has 2 nitrogen and oxygen atoms in total. The summed E-state index contributed by atoms with van der Waals surface area (Å²) >= 11 is 0. The van der Waals surface area contributed by atoms with Gasteiger partial charge in [0.25, 0.3) is 0 Å². The van der Waals surface area contributed by atoms with Crippen LogP contribution in [0.2, 0.25) is 0 Å². The molecule has 0 aliphatic carbocycles. The quantitative estimate of drug-likeness (QED) is 0.542. The smallest absolute Gasteiger partial charge is 0.211 e. The standard InChI is InChI=1S/C6H11NO/c1-3-4-6(2)7-5-8/h5H,2-4H2,1H3,(H,7,8). The first-order valence-corrected chi connectivity index (χ1v) is 2.69. The fourth-order valence-electron chi connectivity index (χ4n) is 0.457. The molecular formula is C6H11NO. The fraction of sp³-hybridized carbons (Fsp3) is 0.500. The van der Waals surface area contributed by atoms with Crippen molar-refractivity contribution in [1.82, 2.24) is 5.32 Å². The predicted octanol–water partition coefficient (Wildman–Crippen LogP) is 1.05. The molecule has 8 heavy (non-hydrogen) atoms. The minimum Gasteiger partial charge on any atom is -0.333 e. The lowest BCUT2D eigenvalue weighted by atomic mass is 10.3. The van der Waals surface area contributed by atoms with E-state index in [1.165, 1.54) is 0 Å². The molecule has 0 spiro atoms. The first kappa shape index (κ1) is 7.21. The minimum absolute atomic E-state index is 0.651. The lowest BCUT2D eigenvalue weighted by Gasteiger charge is -1.97. The van der Waals surface area contributed by atoms with E-state index in [1.807, 2.05) is 6.92 Å².